The van der Waals surface area contributed by atoms with Crippen molar-refractivity contribution >= 4 is 17.7 Å². The fourth-order valence-electron chi connectivity index (χ4n) is 4.64. The number of guanidine groups is 1. The van der Waals surface area contributed by atoms with Crippen molar-refractivity contribution in [3.05, 3.63) is 59.6 Å². The Bertz CT molecular complexity index is 1360. The van der Waals surface area contributed by atoms with E-state index in [2.05, 4.69) is 4.98 Å². The molecule has 1 amide bonds. The number of ether oxygens (including phenoxy) is 1. The summed E-state index contributed by atoms with van der Waals surface area (Å²) in [6.07, 6.45) is 1.22. The summed E-state index contributed by atoms with van der Waals surface area (Å²) in [4.78, 5) is 30.5. The monoisotopic (exact) mass is 494 g/mol. The van der Waals surface area contributed by atoms with Gasteiger partial charge < -0.3 is 9.30 Å². The first kappa shape index (κ1) is 23.9. The lowest BCUT2D eigenvalue weighted by molar-refractivity contribution is 0.0841. The molecule has 0 spiro atoms. The maximum Gasteiger partial charge on any atom is 0.283 e. The summed E-state index contributed by atoms with van der Waals surface area (Å²) >= 11 is 0. The van der Waals surface area contributed by atoms with Gasteiger partial charge in [-0.1, -0.05) is 6.07 Å². The van der Waals surface area contributed by atoms with Crippen LogP contribution in [0.4, 0.5) is 14.6 Å². The third kappa shape index (κ3) is 4.10. The minimum atomic E-state index is -0.614. The summed E-state index contributed by atoms with van der Waals surface area (Å²) in [5, 5.41) is 0. The van der Waals surface area contributed by atoms with Gasteiger partial charge in [0.15, 0.2) is 5.69 Å². The van der Waals surface area contributed by atoms with Gasteiger partial charge in [0.05, 0.1) is 24.7 Å². The second-order valence-electron chi connectivity index (χ2n) is 9.84. The van der Waals surface area contributed by atoms with Gasteiger partial charge in [0, 0.05) is 29.9 Å². The topological polar surface area (TPSA) is 75.8 Å². The normalized spacial score (nSPS) is 16.3. The van der Waals surface area contributed by atoms with Crippen LogP contribution in [0, 0.1) is 11.8 Å². The van der Waals surface area contributed by atoms with E-state index in [1.807, 2.05) is 44.1 Å². The number of fused-ring (bicyclic) bond motifs is 3. The first-order chi connectivity index (χ1) is 17.1. The van der Waals surface area contributed by atoms with Crippen LogP contribution in [0.5, 0.6) is 5.75 Å². The molecular weight excluding hydrogens is 466 g/mol. The van der Waals surface area contributed by atoms with Crippen LogP contribution < -0.4 is 9.64 Å². The zero-order valence-corrected chi connectivity index (χ0v) is 20.9. The number of carbonyl (C=O) groups is 1. The second kappa shape index (κ2) is 8.69. The van der Waals surface area contributed by atoms with Crippen LogP contribution in [0.2, 0.25) is 0 Å². The van der Waals surface area contributed by atoms with Crippen LogP contribution >= 0.6 is 0 Å². The summed E-state index contributed by atoms with van der Waals surface area (Å²) in [5.74, 6) is 0.737. The zero-order valence-electron chi connectivity index (χ0n) is 20.9. The molecule has 2 aliphatic heterocycles. The highest BCUT2D eigenvalue weighted by Crippen LogP contribution is 2.39. The van der Waals surface area contributed by atoms with Gasteiger partial charge in [0.25, 0.3) is 5.91 Å². The molecule has 0 bridgehead atoms. The predicted octanol–water partition coefficient (Wildman–Crippen LogP) is 4.49. The molecule has 3 aromatic rings. The Morgan fingerprint density at radius 2 is 1.94 bits per heavy atom. The average molecular weight is 495 g/mol. The molecular formula is C26H28F2N6O2. The standard InChI is InChI=1S/C26H28F2N6O2/c1-6-32-24(35)21-23(34-14-26(4,5)31-25(32)34)33(22(30-21)16-8-10-20(28)29-12-16)13-17-7-9-18(27)11-19(17)36-15(2)3/h7-12,15H,6,13-14H2,1-5H3. The van der Waals surface area contributed by atoms with Crippen LogP contribution in [-0.4, -0.2) is 56.0 Å². The lowest BCUT2D eigenvalue weighted by atomic mass is 10.1. The predicted molar refractivity (Wildman–Crippen MR) is 132 cm³/mol. The maximum absolute atomic E-state index is 14.1. The Morgan fingerprint density at radius 1 is 1.17 bits per heavy atom. The molecule has 2 aliphatic rings. The maximum atomic E-state index is 14.1. The molecule has 1 aromatic carbocycles. The third-order valence-electron chi connectivity index (χ3n) is 6.10. The SMILES string of the molecule is CCN1C(=O)c2nc(-c3ccc(F)nc3)n(Cc3ccc(F)cc3OC(C)C)c2N2CC(C)(C)N=C12. The molecule has 0 saturated heterocycles. The summed E-state index contributed by atoms with van der Waals surface area (Å²) in [6, 6.07) is 7.23. The quantitative estimate of drug-likeness (QED) is 0.472. The molecule has 0 radical (unpaired) electrons. The van der Waals surface area contributed by atoms with Crippen LogP contribution in [0.15, 0.2) is 41.5 Å². The molecule has 5 rings (SSSR count). The molecule has 36 heavy (non-hydrogen) atoms. The van der Waals surface area contributed by atoms with Crippen molar-refractivity contribution in [3.63, 3.8) is 0 Å². The van der Waals surface area contributed by atoms with Crippen molar-refractivity contribution in [2.45, 2.75) is 52.8 Å². The van der Waals surface area contributed by atoms with Gasteiger partial charge in [-0.3, -0.25) is 14.6 Å². The van der Waals surface area contributed by atoms with E-state index in [1.54, 1.807) is 17.0 Å². The molecule has 0 aliphatic carbocycles. The van der Waals surface area contributed by atoms with Crippen molar-refractivity contribution in [2.24, 2.45) is 4.99 Å². The molecule has 0 saturated carbocycles. The number of imidazole rings is 1. The van der Waals surface area contributed by atoms with E-state index in [0.29, 0.717) is 47.6 Å². The molecule has 0 fully saturated rings. The lowest BCUT2D eigenvalue weighted by Crippen LogP contribution is -2.51. The molecule has 10 heteroatoms. The van der Waals surface area contributed by atoms with Gasteiger partial charge in [-0.2, -0.15) is 4.39 Å². The van der Waals surface area contributed by atoms with Crippen LogP contribution in [-0.2, 0) is 6.54 Å². The number of hydrogen-bond acceptors (Lipinski definition) is 6. The second-order valence-corrected chi connectivity index (χ2v) is 9.84. The summed E-state index contributed by atoms with van der Waals surface area (Å²) in [5.41, 5.74) is 1.12. The van der Waals surface area contributed by atoms with Crippen molar-refractivity contribution in [1.82, 2.24) is 19.4 Å². The van der Waals surface area contributed by atoms with E-state index in [1.165, 1.54) is 24.4 Å². The van der Waals surface area contributed by atoms with Gasteiger partial charge in [0.2, 0.25) is 11.9 Å². The van der Waals surface area contributed by atoms with E-state index < -0.39 is 17.3 Å². The number of aliphatic imine (C=N–C) groups is 1. The smallest absolute Gasteiger partial charge is 0.283 e. The zero-order chi connectivity index (χ0) is 25.8. The van der Waals surface area contributed by atoms with E-state index in [0.717, 1.165) is 0 Å². The third-order valence-corrected chi connectivity index (χ3v) is 6.10. The van der Waals surface area contributed by atoms with Crippen molar-refractivity contribution < 1.29 is 18.3 Å². The molecule has 0 atom stereocenters. The Kier molecular flexibility index (Phi) is 5.77. The summed E-state index contributed by atoms with van der Waals surface area (Å²) in [7, 11) is 0. The number of anilines is 1. The van der Waals surface area contributed by atoms with Crippen LogP contribution in [0.25, 0.3) is 11.4 Å². The van der Waals surface area contributed by atoms with Crippen molar-refractivity contribution in [3.8, 4) is 17.1 Å². The Balaban J connectivity index is 1.73. The van der Waals surface area contributed by atoms with Crippen molar-refractivity contribution in [1.29, 1.82) is 0 Å². The number of amides is 1. The van der Waals surface area contributed by atoms with E-state index in [9.17, 15) is 13.6 Å². The number of hydrogen-bond donors (Lipinski definition) is 0. The summed E-state index contributed by atoms with van der Waals surface area (Å²) in [6.45, 7) is 10.9. The van der Waals surface area contributed by atoms with Gasteiger partial charge in [-0.15, -0.1) is 0 Å². The first-order valence-corrected chi connectivity index (χ1v) is 11.9. The summed E-state index contributed by atoms with van der Waals surface area (Å²) < 4.78 is 35.5. The van der Waals surface area contributed by atoms with Crippen LogP contribution in [0.3, 0.4) is 0 Å². The first-order valence-electron chi connectivity index (χ1n) is 11.9. The fourth-order valence-corrected chi connectivity index (χ4v) is 4.64. The molecule has 0 unspecified atom stereocenters. The molecule has 8 nitrogen and oxygen atoms in total. The minimum absolute atomic E-state index is 0.166. The number of pyridine rings is 1. The Labute approximate surface area is 208 Å². The van der Waals surface area contributed by atoms with E-state index >= 15 is 0 Å². The number of benzene rings is 1. The molecule has 0 N–H and O–H groups in total. The van der Waals surface area contributed by atoms with Gasteiger partial charge in [-0.05, 0) is 52.8 Å². The molecule has 4 heterocycles. The Hall–Kier alpha value is -3.82. The van der Waals surface area contributed by atoms with E-state index in [4.69, 9.17) is 14.7 Å². The molecule has 188 valence electrons. The highest BCUT2D eigenvalue weighted by Gasteiger charge is 2.45. The highest BCUT2D eigenvalue weighted by molar-refractivity contribution is 6.18. The highest BCUT2D eigenvalue weighted by atomic mass is 19.1. The number of halogens is 2. The number of rotatable bonds is 6. The van der Waals surface area contributed by atoms with Gasteiger partial charge >= 0.3 is 0 Å². The molecule has 2 aromatic heterocycles. The number of carbonyl (C=O) groups excluding carboxylic acids is 1. The average Bonchev–Trinajstić information content (AvgIpc) is 3.33. The lowest BCUT2D eigenvalue weighted by Gasteiger charge is -2.34. The number of nitrogens with zero attached hydrogens (tertiary/aromatic N) is 6. The Morgan fingerprint density at radius 3 is 2.61 bits per heavy atom. The number of aromatic nitrogens is 3. The van der Waals surface area contributed by atoms with E-state index in [-0.39, 0.29) is 24.2 Å². The largest absolute Gasteiger partial charge is 0.491 e. The van der Waals surface area contributed by atoms with Gasteiger partial charge in [-0.25, -0.2) is 19.4 Å². The van der Waals surface area contributed by atoms with Crippen LogP contribution in [0.1, 0.15) is 50.7 Å². The van der Waals surface area contributed by atoms with Crippen molar-refractivity contribution in [2.75, 3.05) is 18.0 Å². The fraction of sp³-hybridized carbons (Fsp3) is 0.385. The minimum Gasteiger partial charge on any atom is -0.491 e. The van der Waals surface area contributed by atoms with Gasteiger partial charge in [0.1, 0.15) is 23.2 Å².